The molecular formula is C14H19N3O2S. The number of sulfonamides is 1. The van der Waals surface area contributed by atoms with Crippen molar-refractivity contribution in [3.63, 3.8) is 0 Å². The number of aromatic amines is 1. The normalized spacial score (nSPS) is 17.4. The van der Waals surface area contributed by atoms with Crippen LogP contribution in [0.1, 0.15) is 23.9 Å². The summed E-state index contributed by atoms with van der Waals surface area (Å²) in [6.45, 7) is 8.10. The van der Waals surface area contributed by atoms with Crippen LogP contribution in [0.5, 0.6) is 0 Å². The number of aryl methyl sites for hydroxylation is 1. The third-order valence-electron chi connectivity index (χ3n) is 3.35. The zero-order valence-electron chi connectivity index (χ0n) is 11.8. The number of hydrogen-bond donors (Lipinski definition) is 1. The fourth-order valence-corrected chi connectivity index (χ4v) is 3.81. The maximum atomic E-state index is 12.6. The first kappa shape index (κ1) is 14.7. The van der Waals surface area contributed by atoms with E-state index in [2.05, 4.69) is 16.8 Å². The highest BCUT2D eigenvalue weighted by Crippen LogP contribution is 2.25. The number of nitrogens with one attached hydrogen (secondary N) is 1. The first-order chi connectivity index (χ1) is 9.50. The Labute approximate surface area is 119 Å². The predicted octanol–water partition coefficient (Wildman–Crippen LogP) is 2.05. The number of allylic oxidation sites excluding steroid dienone is 4. The molecule has 0 saturated carbocycles. The third kappa shape index (κ3) is 2.62. The van der Waals surface area contributed by atoms with Crippen LogP contribution in [-0.4, -0.2) is 29.5 Å². The maximum Gasteiger partial charge on any atom is 0.243 e. The molecule has 2 heterocycles. The van der Waals surface area contributed by atoms with Crippen molar-refractivity contribution in [3.8, 4) is 0 Å². The summed E-state index contributed by atoms with van der Waals surface area (Å²) >= 11 is 0. The lowest BCUT2D eigenvalue weighted by Gasteiger charge is -2.26. The SMILES string of the molecule is C=C/C=C(\C=C/C)S(=O)(=O)N1CCc2c(n[nH]c2C)C1. The number of nitrogens with zero attached hydrogens (tertiary/aromatic N) is 2. The molecule has 1 N–H and O–H groups in total. The second-order valence-corrected chi connectivity index (χ2v) is 6.61. The first-order valence-corrected chi connectivity index (χ1v) is 7.93. The van der Waals surface area contributed by atoms with E-state index in [-0.39, 0.29) is 4.91 Å². The molecule has 5 nitrogen and oxygen atoms in total. The van der Waals surface area contributed by atoms with Crippen LogP contribution in [0.4, 0.5) is 0 Å². The molecular weight excluding hydrogens is 274 g/mol. The second-order valence-electron chi connectivity index (χ2n) is 4.67. The van der Waals surface area contributed by atoms with Crippen LogP contribution in [-0.2, 0) is 23.0 Å². The lowest BCUT2D eigenvalue weighted by atomic mass is 10.1. The van der Waals surface area contributed by atoms with E-state index in [0.29, 0.717) is 19.5 Å². The Bertz CT molecular complexity index is 669. The summed E-state index contributed by atoms with van der Waals surface area (Å²) in [5, 5.41) is 7.10. The minimum atomic E-state index is -3.50. The van der Waals surface area contributed by atoms with E-state index in [1.54, 1.807) is 19.1 Å². The van der Waals surface area contributed by atoms with Gasteiger partial charge in [0.1, 0.15) is 0 Å². The molecule has 0 saturated heterocycles. The Morgan fingerprint density at radius 1 is 1.50 bits per heavy atom. The average Bonchev–Trinajstić information content (AvgIpc) is 2.80. The van der Waals surface area contributed by atoms with E-state index in [1.165, 1.54) is 16.5 Å². The summed E-state index contributed by atoms with van der Waals surface area (Å²) in [6, 6.07) is 0. The molecule has 0 aromatic carbocycles. The summed E-state index contributed by atoms with van der Waals surface area (Å²) in [5.41, 5.74) is 2.97. The number of aromatic nitrogens is 2. The van der Waals surface area contributed by atoms with Crippen molar-refractivity contribution in [2.45, 2.75) is 26.8 Å². The van der Waals surface area contributed by atoms with Crippen molar-refractivity contribution in [1.29, 1.82) is 0 Å². The number of H-pyrrole nitrogens is 1. The Morgan fingerprint density at radius 3 is 2.90 bits per heavy atom. The van der Waals surface area contributed by atoms with Gasteiger partial charge in [0.2, 0.25) is 10.0 Å². The van der Waals surface area contributed by atoms with Crippen LogP contribution in [0.3, 0.4) is 0 Å². The van der Waals surface area contributed by atoms with Gasteiger partial charge in [0.25, 0.3) is 0 Å². The van der Waals surface area contributed by atoms with E-state index in [9.17, 15) is 8.42 Å². The maximum absolute atomic E-state index is 12.6. The molecule has 0 fully saturated rings. The predicted molar refractivity (Wildman–Crippen MR) is 79.5 cm³/mol. The fraction of sp³-hybridized carbons (Fsp3) is 0.357. The first-order valence-electron chi connectivity index (χ1n) is 6.49. The minimum absolute atomic E-state index is 0.255. The van der Waals surface area contributed by atoms with Crippen LogP contribution in [0.2, 0.25) is 0 Å². The molecule has 0 amide bonds. The zero-order valence-corrected chi connectivity index (χ0v) is 12.6. The summed E-state index contributed by atoms with van der Waals surface area (Å²) in [4.78, 5) is 0.255. The highest BCUT2D eigenvalue weighted by atomic mass is 32.2. The third-order valence-corrected chi connectivity index (χ3v) is 5.21. The molecule has 6 heteroatoms. The van der Waals surface area contributed by atoms with Gasteiger partial charge in [-0.2, -0.15) is 9.40 Å². The van der Waals surface area contributed by atoms with Crippen molar-refractivity contribution in [3.05, 3.63) is 52.7 Å². The number of hydrogen-bond acceptors (Lipinski definition) is 3. The molecule has 0 radical (unpaired) electrons. The Kier molecular flexibility index (Phi) is 4.25. The molecule has 108 valence electrons. The van der Waals surface area contributed by atoms with Gasteiger partial charge in [-0.1, -0.05) is 18.7 Å². The quantitative estimate of drug-likeness (QED) is 0.864. The lowest BCUT2D eigenvalue weighted by molar-refractivity contribution is 0.391. The van der Waals surface area contributed by atoms with Crippen LogP contribution >= 0.6 is 0 Å². The van der Waals surface area contributed by atoms with E-state index >= 15 is 0 Å². The van der Waals surface area contributed by atoms with Gasteiger partial charge < -0.3 is 0 Å². The molecule has 0 aliphatic carbocycles. The molecule has 0 atom stereocenters. The smallest absolute Gasteiger partial charge is 0.243 e. The van der Waals surface area contributed by atoms with Crippen molar-refractivity contribution < 1.29 is 8.42 Å². The summed E-state index contributed by atoms with van der Waals surface area (Å²) < 4.78 is 26.7. The molecule has 0 unspecified atom stereocenters. The van der Waals surface area contributed by atoms with Gasteiger partial charge >= 0.3 is 0 Å². The topological polar surface area (TPSA) is 66.1 Å². The molecule has 0 spiro atoms. The standard InChI is InChI=1S/C14H19N3O2S/c1-4-6-12(7-5-2)20(18,19)17-9-8-13-11(3)15-16-14(13)10-17/h4-7H,1,8-10H2,2-3H3,(H,15,16)/b7-5-,12-6+. The molecule has 20 heavy (non-hydrogen) atoms. The van der Waals surface area contributed by atoms with Crippen molar-refractivity contribution in [1.82, 2.24) is 14.5 Å². The van der Waals surface area contributed by atoms with Crippen LogP contribution in [0, 0.1) is 6.92 Å². The molecule has 1 aliphatic rings. The Hall–Kier alpha value is -1.66. The lowest BCUT2D eigenvalue weighted by Crippen LogP contribution is -2.36. The second kappa shape index (κ2) is 5.76. The van der Waals surface area contributed by atoms with Crippen LogP contribution in [0.15, 0.2) is 35.8 Å². The monoisotopic (exact) mass is 293 g/mol. The van der Waals surface area contributed by atoms with Gasteiger partial charge in [-0.25, -0.2) is 8.42 Å². The zero-order chi connectivity index (χ0) is 14.8. The average molecular weight is 293 g/mol. The Morgan fingerprint density at radius 2 is 2.25 bits per heavy atom. The van der Waals surface area contributed by atoms with Crippen molar-refractivity contribution in [2.75, 3.05) is 6.54 Å². The molecule has 1 aliphatic heterocycles. The van der Waals surface area contributed by atoms with E-state index in [0.717, 1.165) is 17.0 Å². The van der Waals surface area contributed by atoms with Gasteiger partial charge in [-0.15, -0.1) is 0 Å². The van der Waals surface area contributed by atoms with Crippen LogP contribution in [0.25, 0.3) is 0 Å². The molecule has 1 aromatic heterocycles. The van der Waals surface area contributed by atoms with E-state index < -0.39 is 10.0 Å². The van der Waals surface area contributed by atoms with E-state index in [4.69, 9.17) is 0 Å². The van der Waals surface area contributed by atoms with Gasteiger partial charge in [0.05, 0.1) is 17.1 Å². The fourth-order valence-electron chi connectivity index (χ4n) is 2.31. The van der Waals surface area contributed by atoms with Gasteiger partial charge in [-0.05, 0) is 38.0 Å². The molecule has 2 rings (SSSR count). The highest BCUT2D eigenvalue weighted by Gasteiger charge is 2.30. The van der Waals surface area contributed by atoms with Crippen molar-refractivity contribution >= 4 is 10.0 Å². The largest absolute Gasteiger partial charge is 0.282 e. The van der Waals surface area contributed by atoms with Crippen LogP contribution < -0.4 is 0 Å². The number of fused-ring (bicyclic) bond motifs is 1. The summed E-state index contributed by atoms with van der Waals surface area (Å²) in [7, 11) is -3.50. The summed E-state index contributed by atoms with van der Waals surface area (Å²) in [5.74, 6) is 0. The molecule has 0 bridgehead atoms. The van der Waals surface area contributed by atoms with Crippen molar-refractivity contribution in [2.24, 2.45) is 0 Å². The minimum Gasteiger partial charge on any atom is -0.282 e. The summed E-state index contributed by atoms with van der Waals surface area (Å²) in [6.07, 6.45) is 6.99. The van der Waals surface area contributed by atoms with Gasteiger partial charge in [0.15, 0.2) is 0 Å². The Balaban J connectivity index is 2.32. The van der Waals surface area contributed by atoms with E-state index in [1.807, 2.05) is 6.92 Å². The van der Waals surface area contributed by atoms with Gasteiger partial charge in [-0.3, -0.25) is 5.10 Å². The van der Waals surface area contributed by atoms with Gasteiger partial charge in [0, 0.05) is 12.2 Å². The highest BCUT2D eigenvalue weighted by molar-refractivity contribution is 7.93. The number of rotatable bonds is 4. The molecule has 1 aromatic rings.